The molecule has 3 aromatic rings. The summed E-state index contributed by atoms with van der Waals surface area (Å²) in [6, 6.07) is 21.3. The fourth-order valence-electron chi connectivity index (χ4n) is 6.61. The van der Waals surface area contributed by atoms with E-state index in [4.69, 9.17) is 23.2 Å². The molecule has 4 atom stereocenters. The van der Waals surface area contributed by atoms with Crippen molar-refractivity contribution in [2.24, 2.45) is 5.92 Å². The van der Waals surface area contributed by atoms with Crippen LogP contribution in [-0.4, -0.2) is 38.9 Å². The summed E-state index contributed by atoms with van der Waals surface area (Å²) in [4.78, 5) is 2.57. The van der Waals surface area contributed by atoms with Crippen molar-refractivity contribution in [1.29, 1.82) is 0 Å². The molecule has 0 aromatic heterocycles. The van der Waals surface area contributed by atoms with Crippen molar-refractivity contribution in [2.75, 3.05) is 25.0 Å². The normalized spacial score (nSPS) is 27.5. The van der Waals surface area contributed by atoms with Gasteiger partial charge in [0.2, 0.25) is 10.0 Å². The van der Waals surface area contributed by atoms with Crippen LogP contribution in [0.1, 0.15) is 22.6 Å². The lowest BCUT2D eigenvalue weighted by Gasteiger charge is -2.50. The maximum absolute atomic E-state index is 13.8. The van der Waals surface area contributed by atoms with Gasteiger partial charge in [-0.25, -0.2) is 8.42 Å². The van der Waals surface area contributed by atoms with Gasteiger partial charge in [0.1, 0.15) is 0 Å². The highest BCUT2D eigenvalue weighted by molar-refractivity contribution is 7.89. The van der Waals surface area contributed by atoms with E-state index in [9.17, 15) is 8.42 Å². The standard InChI is InChI=1S/C28H26Cl2N2O2S/c1-18-8-11-22(12-9-18)35(33,34)32-16-20-10-13-26-28(20,24(17-32)19-6-4-3-5-7-19)23-14-21(29)15-25(30)27(23)31(26)2/h3-15,20,24,26H,16-17H2,1-2H3/t20-,24-,26+,28+/m0/s1. The third-order valence-corrected chi connectivity index (χ3v) is 10.5. The molecule has 180 valence electrons. The van der Waals surface area contributed by atoms with Gasteiger partial charge in [-0.1, -0.05) is 83.4 Å². The minimum Gasteiger partial charge on any atom is -0.366 e. The predicted octanol–water partition coefficient (Wildman–Crippen LogP) is 6.03. The minimum atomic E-state index is -3.66. The van der Waals surface area contributed by atoms with Gasteiger partial charge in [0.05, 0.1) is 21.6 Å². The second kappa shape index (κ2) is 8.10. The molecule has 1 aliphatic carbocycles. The molecule has 1 fully saturated rings. The average Bonchev–Trinajstić information content (AvgIpc) is 3.33. The van der Waals surface area contributed by atoms with Crippen molar-refractivity contribution in [3.05, 3.63) is 106 Å². The fraction of sp³-hybridized carbons (Fsp3) is 0.286. The number of benzene rings is 3. The van der Waals surface area contributed by atoms with Crippen molar-refractivity contribution >= 4 is 38.9 Å². The Bertz CT molecular complexity index is 1440. The van der Waals surface area contributed by atoms with Gasteiger partial charge < -0.3 is 4.90 Å². The molecule has 0 radical (unpaired) electrons. The molecule has 2 aliphatic heterocycles. The molecule has 3 aliphatic rings. The smallest absolute Gasteiger partial charge is 0.243 e. The number of halogens is 2. The molecule has 0 N–H and O–H groups in total. The van der Waals surface area contributed by atoms with E-state index in [1.165, 1.54) is 0 Å². The molecular weight excluding hydrogens is 499 g/mol. The second-order valence-corrected chi connectivity index (χ2v) is 12.6. The van der Waals surface area contributed by atoms with E-state index in [1.807, 2.05) is 43.3 Å². The van der Waals surface area contributed by atoms with Gasteiger partial charge in [0.15, 0.2) is 0 Å². The number of aryl methyl sites for hydroxylation is 1. The topological polar surface area (TPSA) is 40.6 Å². The summed E-state index contributed by atoms with van der Waals surface area (Å²) in [6.07, 6.45) is 4.43. The Kier molecular flexibility index (Phi) is 5.35. The molecule has 0 amide bonds. The van der Waals surface area contributed by atoms with Crippen molar-refractivity contribution in [3.8, 4) is 0 Å². The Balaban J connectivity index is 1.54. The summed E-state index contributed by atoms with van der Waals surface area (Å²) in [5.74, 6) is -0.106. The van der Waals surface area contributed by atoms with Crippen LogP contribution in [0.3, 0.4) is 0 Å². The van der Waals surface area contributed by atoms with Gasteiger partial charge in [-0.2, -0.15) is 4.31 Å². The quantitative estimate of drug-likeness (QED) is 0.392. The van der Waals surface area contributed by atoms with Crippen LogP contribution in [0.5, 0.6) is 0 Å². The fourth-order valence-corrected chi connectivity index (χ4v) is 8.72. The van der Waals surface area contributed by atoms with E-state index in [2.05, 4.69) is 36.2 Å². The van der Waals surface area contributed by atoms with E-state index >= 15 is 0 Å². The zero-order chi connectivity index (χ0) is 24.5. The van der Waals surface area contributed by atoms with Gasteiger partial charge in [0, 0.05) is 42.4 Å². The van der Waals surface area contributed by atoms with Crippen LogP contribution in [0, 0.1) is 12.8 Å². The van der Waals surface area contributed by atoms with Gasteiger partial charge in [-0.05, 0) is 42.3 Å². The number of rotatable bonds is 3. The maximum Gasteiger partial charge on any atom is 0.243 e. The van der Waals surface area contributed by atoms with Crippen LogP contribution in [0.2, 0.25) is 10.0 Å². The lowest BCUT2D eigenvalue weighted by atomic mass is 9.59. The van der Waals surface area contributed by atoms with E-state index in [0.29, 0.717) is 28.0 Å². The molecule has 2 heterocycles. The summed E-state index contributed by atoms with van der Waals surface area (Å²) < 4.78 is 29.3. The molecular formula is C28H26Cl2N2O2S. The van der Waals surface area contributed by atoms with Gasteiger partial charge in [-0.15, -0.1) is 0 Å². The van der Waals surface area contributed by atoms with Crippen molar-refractivity contribution in [3.63, 3.8) is 0 Å². The Morgan fingerprint density at radius 1 is 0.943 bits per heavy atom. The zero-order valence-corrected chi connectivity index (χ0v) is 21.9. The van der Waals surface area contributed by atoms with Gasteiger partial charge in [-0.3, -0.25) is 0 Å². The Morgan fingerprint density at radius 3 is 2.37 bits per heavy atom. The Labute approximate surface area is 216 Å². The molecule has 35 heavy (non-hydrogen) atoms. The largest absolute Gasteiger partial charge is 0.366 e. The highest BCUT2D eigenvalue weighted by Gasteiger charge is 2.63. The molecule has 6 rings (SSSR count). The number of anilines is 1. The summed E-state index contributed by atoms with van der Waals surface area (Å²) >= 11 is 13.3. The predicted molar refractivity (Wildman–Crippen MR) is 142 cm³/mol. The molecule has 1 spiro atoms. The van der Waals surface area contributed by atoms with E-state index in [-0.39, 0.29) is 23.3 Å². The third kappa shape index (κ3) is 3.25. The summed E-state index contributed by atoms with van der Waals surface area (Å²) in [6.45, 7) is 2.75. The molecule has 0 saturated carbocycles. The Hall–Kier alpha value is -2.31. The first-order valence-electron chi connectivity index (χ1n) is 11.8. The first-order chi connectivity index (χ1) is 16.7. The summed E-state index contributed by atoms with van der Waals surface area (Å²) in [5, 5.41) is 1.23. The van der Waals surface area contributed by atoms with Crippen LogP contribution in [0.4, 0.5) is 5.69 Å². The number of nitrogens with zero attached hydrogens (tertiary/aromatic N) is 2. The molecule has 0 unspecified atom stereocenters. The van der Waals surface area contributed by atoms with Crippen LogP contribution in [0.25, 0.3) is 0 Å². The highest BCUT2D eigenvalue weighted by Crippen LogP contribution is 2.63. The van der Waals surface area contributed by atoms with Crippen LogP contribution in [0.15, 0.2) is 83.8 Å². The average molecular weight is 526 g/mol. The van der Waals surface area contributed by atoms with Crippen LogP contribution >= 0.6 is 23.2 Å². The number of hydrogen-bond acceptors (Lipinski definition) is 3. The second-order valence-electron chi connectivity index (χ2n) is 9.86. The highest BCUT2D eigenvalue weighted by atomic mass is 35.5. The molecule has 1 saturated heterocycles. The molecule has 3 aromatic carbocycles. The van der Waals surface area contributed by atoms with Crippen molar-refractivity contribution < 1.29 is 8.42 Å². The maximum atomic E-state index is 13.8. The number of hydrogen-bond donors (Lipinski definition) is 0. The van der Waals surface area contributed by atoms with E-state index in [0.717, 1.165) is 22.4 Å². The van der Waals surface area contributed by atoms with E-state index < -0.39 is 10.0 Å². The number of likely N-dealkylation sites (N-methyl/N-ethyl adjacent to an activating group) is 1. The number of sulfonamides is 1. The molecule has 7 heteroatoms. The SMILES string of the molecule is Cc1ccc(S(=O)(=O)N2C[C@@H]3C=C[C@H]4N(C)c5c(Cl)cc(Cl)cc5[C@@]34[C@H](c3ccccc3)C2)cc1. The Morgan fingerprint density at radius 2 is 1.66 bits per heavy atom. The van der Waals surface area contributed by atoms with Crippen LogP contribution < -0.4 is 4.90 Å². The lowest BCUT2D eigenvalue weighted by Crippen LogP contribution is -2.58. The van der Waals surface area contributed by atoms with Gasteiger partial charge in [0.25, 0.3) is 0 Å². The first kappa shape index (κ1) is 23.1. The first-order valence-corrected chi connectivity index (χ1v) is 14.0. The number of piperidine rings is 1. The van der Waals surface area contributed by atoms with Crippen LogP contribution in [-0.2, 0) is 15.4 Å². The zero-order valence-electron chi connectivity index (χ0n) is 19.5. The van der Waals surface area contributed by atoms with E-state index in [1.54, 1.807) is 22.5 Å². The number of fused-ring (bicyclic) bond motifs is 1. The van der Waals surface area contributed by atoms with Crippen molar-refractivity contribution in [2.45, 2.75) is 29.2 Å². The lowest BCUT2D eigenvalue weighted by molar-refractivity contribution is 0.152. The summed E-state index contributed by atoms with van der Waals surface area (Å²) in [5.41, 5.74) is 3.89. The minimum absolute atomic E-state index is 0.0232. The van der Waals surface area contributed by atoms with Gasteiger partial charge >= 0.3 is 0 Å². The summed E-state index contributed by atoms with van der Waals surface area (Å²) in [7, 11) is -1.59. The molecule has 0 bridgehead atoms. The third-order valence-electron chi connectivity index (χ3n) is 8.12. The van der Waals surface area contributed by atoms with Crippen molar-refractivity contribution in [1.82, 2.24) is 4.31 Å². The monoisotopic (exact) mass is 524 g/mol. The molecule has 4 nitrogen and oxygen atoms in total.